The van der Waals surface area contributed by atoms with E-state index in [4.69, 9.17) is 5.73 Å². The summed E-state index contributed by atoms with van der Waals surface area (Å²) in [5.41, 5.74) is 6.49. The number of ketones is 1. The minimum Gasteiger partial charge on any atom is -0.319 e. The Balaban J connectivity index is 2.03. The van der Waals surface area contributed by atoms with Gasteiger partial charge in [0.25, 0.3) is 0 Å². The molecule has 0 aromatic heterocycles. The number of rotatable bonds is 2. The Morgan fingerprint density at radius 3 is 2.64 bits per heavy atom. The second-order valence-electron chi connectivity index (χ2n) is 4.67. The van der Waals surface area contributed by atoms with Crippen LogP contribution in [0.3, 0.4) is 0 Å². The van der Waals surface area contributed by atoms with Crippen LogP contribution in [0, 0.1) is 0 Å². The zero-order chi connectivity index (χ0) is 10.0. The Morgan fingerprint density at radius 2 is 1.93 bits per heavy atom. The lowest BCUT2D eigenvalue weighted by atomic mass is 9.93. The zero-order valence-electron chi connectivity index (χ0n) is 8.72. The molecule has 0 amide bonds. The predicted molar refractivity (Wildman–Crippen MR) is 56.9 cm³/mol. The van der Waals surface area contributed by atoms with Crippen molar-refractivity contribution in [2.75, 3.05) is 0 Å². The summed E-state index contributed by atoms with van der Waals surface area (Å²) in [7, 11) is 0. The average molecular weight is 193 g/mol. The maximum Gasteiger partial charge on any atom is 0.178 e. The highest BCUT2D eigenvalue weighted by Gasteiger charge is 2.46. The van der Waals surface area contributed by atoms with Crippen molar-refractivity contribution in [2.24, 2.45) is 5.73 Å². The number of hydrogen-bond acceptors (Lipinski definition) is 2. The molecule has 0 aromatic carbocycles. The van der Waals surface area contributed by atoms with Crippen molar-refractivity contribution in [1.29, 1.82) is 0 Å². The van der Waals surface area contributed by atoms with E-state index in [1.807, 2.05) is 0 Å². The van der Waals surface area contributed by atoms with Crippen molar-refractivity contribution in [1.82, 2.24) is 0 Å². The summed E-state index contributed by atoms with van der Waals surface area (Å²) in [6.45, 7) is 0. The second kappa shape index (κ2) is 3.85. The van der Waals surface area contributed by atoms with Crippen LogP contribution < -0.4 is 5.73 Å². The van der Waals surface area contributed by atoms with Crippen molar-refractivity contribution in [2.45, 2.75) is 56.9 Å². The van der Waals surface area contributed by atoms with E-state index in [9.17, 15) is 4.79 Å². The van der Waals surface area contributed by atoms with Crippen molar-refractivity contribution >= 4 is 5.78 Å². The molecule has 2 aliphatic carbocycles. The lowest BCUT2D eigenvalue weighted by Gasteiger charge is -2.13. The fraction of sp³-hybridized carbons (Fsp3) is 0.750. The summed E-state index contributed by atoms with van der Waals surface area (Å²) in [6.07, 6.45) is 10.9. The van der Waals surface area contributed by atoms with Crippen molar-refractivity contribution in [3.05, 3.63) is 11.6 Å². The molecule has 0 atom stereocenters. The van der Waals surface area contributed by atoms with E-state index in [2.05, 4.69) is 6.08 Å². The molecule has 0 aliphatic heterocycles. The maximum absolute atomic E-state index is 12.0. The minimum absolute atomic E-state index is 0.236. The number of Topliss-reactive ketones (excluding diaryl/α,β-unsaturated/α-hetero) is 1. The summed E-state index contributed by atoms with van der Waals surface area (Å²) in [4.78, 5) is 12.0. The maximum atomic E-state index is 12.0. The van der Waals surface area contributed by atoms with Gasteiger partial charge in [0.15, 0.2) is 5.78 Å². The molecule has 0 saturated heterocycles. The molecule has 0 radical (unpaired) electrons. The van der Waals surface area contributed by atoms with Crippen molar-refractivity contribution in [3.63, 3.8) is 0 Å². The molecule has 78 valence electrons. The summed E-state index contributed by atoms with van der Waals surface area (Å²) in [5.74, 6) is 0.236. The lowest BCUT2D eigenvalue weighted by molar-refractivity contribution is -0.117. The molecule has 0 heterocycles. The first-order valence-corrected chi connectivity index (χ1v) is 5.75. The Labute approximate surface area is 85.6 Å². The molecule has 2 rings (SSSR count). The second-order valence-corrected chi connectivity index (χ2v) is 4.67. The van der Waals surface area contributed by atoms with Crippen LogP contribution in [0.25, 0.3) is 0 Å². The first-order chi connectivity index (χ1) is 6.72. The number of carbonyl (C=O) groups excluding carboxylic acids is 1. The molecule has 0 aromatic rings. The van der Waals surface area contributed by atoms with Crippen LogP contribution in [0.15, 0.2) is 11.6 Å². The molecule has 1 saturated carbocycles. The van der Waals surface area contributed by atoms with Gasteiger partial charge < -0.3 is 5.73 Å². The third kappa shape index (κ3) is 2.06. The number of hydrogen-bond donors (Lipinski definition) is 1. The van der Waals surface area contributed by atoms with Gasteiger partial charge in [-0.2, -0.15) is 0 Å². The van der Waals surface area contributed by atoms with E-state index in [0.29, 0.717) is 0 Å². The Kier molecular flexibility index (Phi) is 2.73. The van der Waals surface area contributed by atoms with E-state index >= 15 is 0 Å². The molecule has 2 N–H and O–H groups in total. The molecule has 2 aliphatic rings. The molecule has 0 bridgehead atoms. The van der Waals surface area contributed by atoms with E-state index in [1.54, 1.807) is 0 Å². The molecule has 14 heavy (non-hydrogen) atoms. The van der Waals surface area contributed by atoms with Gasteiger partial charge in [0, 0.05) is 0 Å². The Hall–Kier alpha value is -0.630. The highest BCUT2D eigenvalue weighted by Crippen LogP contribution is 2.36. The Bertz CT molecular complexity index is 263. The van der Waals surface area contributed by atoms with E-state index < -0.39 is 5.54 Å². The van der Waals surface area contributed by atoms with E-state index in [0.717, 1.165) is 37.7 Å². The molecule has 0 unspecified atom stereocenters. The monoisotopic (exact) mass is 193 g/mol. The highest BCUT2D eigenvalue weighted by molar-refractivity contribution is 6.04. The van der Waals surface area contributed by atoms with Gasteiger partial charge in [-0.3, -0.25) is 4.79 Å². The summed E-state index contributed by atoms with van der Waals surface area (Å²) >= 11 is 0. The van der Waals surface area contributed by atoms with Crippen molar-refractivity contribution in [3.8, 4) is 0 Å². The largest absolute Gasteiger partial charge is 0.319 e. The molecule has 2 heteroatoms. The third-order valence-electron chi connectivity index (χ3n) is 3.32. The lowest BCUT2D eigenvalue weighted by Crippen LogP contribution is -2.34. The van der Waals surface area contributed by atoms with Crippen molar-refractivity contribution < 1.29 is 4.79 Å². The normalized spacial score (nSPS) is 25.9. The van der Waals surface area contributed by atoms with Crippen LogP contribution in [-0.4, -0.2) is 11.3 Å². The first kappa shape index (κ1) is 9.91. The standard InChI is InChI=1S/C12H19NO/c13-12(8-9-12)11(14)10-6-4-2-1-3-5-7-10/h6H,1-5,7-9,13H2. The highest BCUT2D eigenvalue weighted by atomic mass is 16.1. The van der Waals surface area contributed by atoms with Gasteiger partial charge in [-0.25, -0.2) is 0 Å². The van der Waals surface area contributed by atoms with Gasteiger partial charge in [0.2, 0.25) is 0 Å². The smallest absolute Gasteiger partial charge is 0.178 e. The fourth-order valence-corrected chi connectivity index (χ4v) is 2.08. The summed E-state index contributed by atoms with van der Waals surface area (Å²) in [5, 5.41) is 0. The molecule has 2 nitrogen and oxygen atoms in total. The van der Waals surface area contributed by atoms with Crippen LogP contribution >= 0.6 is 0 Å². The number of nitrogens with two attached hydrogens (primary N) is 1. The van der Waals surface area contributed by atoms with Gasteiger partial charge in [0.1, 0.15) is 0 Å². The fourth-order valence-electron chi connectivity index (χ4n) is 2.08. The molecular weight excluding hydrogens is 174 g/mol. The molecule has 1 fully saturated rings. The van der Waals surface area contributed by atoms with Gasteiger partial charge in [-0.05, 0) is 44.1 Å². The van der Waals surface area contributed by atoms with Crippen LogP contribution in [0.2, 0.25) is 0 Å². The molecular formula is C12H19NO. The van der Waals surface area contributed by atoms with Crippen LogP contribution in [0.5, 0.6) is 0 Å². The van der Waals surface area contributed by atoms with Crippen LogP contribution in [-0.2, 0) is 4.79 Å². The van der Waals surface area contributed by atoms with Crippen LogP contribution in [0.1, 0.15) is 51.4 Å². The first-order valence-electron chi connectivity index (χ1n) is 5.75. The SMILES string of the molecule is NC1(C(=O)C2=CCCCCCC2)CC1. The van der Waals surface area contributed by atoms with Gasteiger partial charge in [0.05, 0.1) is 5.54 Å². The van der Waals surface area contributed by atoms with Crippen LogP contribution in [0.4, 0.5) is 0 Å². The minimum atomic E-state index is -0.453. The third-order valence-corrected chi connectivity index (χ3v) is 3.32. The summed E-state index contributed by atoms with van der Waals surface area (Å²) < 4.78 is 0. The number of allylic oxidation sites excluding steroid dienone is 1. The van der Waals surface area contributed by atoms with E-state index in [-0.39, 0.29) is 5.78 Å². The topological polar surface area (TPSA) is 43.1 Å². The van der Waals surface area contributed by atoms with Gasteiger partial charge in [-0.1, -0.05) is 18.9 Å². The predicted octanol–water partition coefficient (Wildman–Crippen LogP) is 2.33. The number of carbonyl (C=O) groups is 1. The zero-order valence-corrected chi connectivity index (χ0v) is 8.72. The average Bonchev–Trinajstić information content (AvgIpc) is 2.83. The molecule has 0 spiro atoms. The summed E-state index contributed by atoms with van der Waals surface area (Å²) in [6, 6.07) is 0. The Morgan fingerprint density at radius 1 is 1.21 bits per heavy atom. The van der Waals surface area contributed by atoms with Gasteiger partial charge >= 0.3 is 0 Å². The van der Waals surface area contributed by atoms with Gasteiger partial charge in [-0.15, -0.1) is 0 Å². The van der Waals surface area contributed by atoms with E-state index in [1.165, 1.54) is 19.3 Å². The quantitative estimate of drug-likeness (QED) is 0.731.